The monoisotopic (exact) mass is 273 g/mol. The van der Waals surface area contributed by atoms with Gasteiger partial charge in [0.05, 0.1) is 11.8 Å². The van der Waals surface area contributed by atoms with Crippen molar-refractivity contribution >= 4 is 23.4 Å². The third-order valence-electron chi connectivity index (χ3n) is 2.28. The number of carbonyl (C=O) groups excluding carboxylic acids is 1. The van der Waals surface area contributed by atoms with Gasteiger partial charge in [0.25, 0.3) is 5.91 Å². The van der Waals surface area contributed by atoms with Gasteiger partial charge in [0.2, 0.25) is 0 Å². The number of carboxylic acid groups (broad SMARTS) is 1. The van der Waals surface area contributed by atoms with E-state index in [1.165, 1.54) is 6.92 Å². The van der Waals surface area contributed by atoms with Crippen LogP contribution < -0.4 is 5.32 Å². The highest BCUT2D eigenvalue weighted by Gasteiger charge is 2.27. The molecule has 0 aliphatic carbocycles. The SMILES string of the molecule is CCCc1nnsc1C(=O)N[C@H](C(=O)O)[C@@H](C)O. The zero-order chi connectivity index (χ0) is 13.7. The summed E-state index contributed by atoms with van der Waals surface area (Å²) in [6.07, 6.45) is 0.234. The van der Waals surface area contributed by atoms with Gasteiger partial charge in [-0.2, -0.15) is 0 Å². The normalized spacial score (nSPS) is 13.9. The predicted molar refractivity (Wildman–Crippen MR) is 64.5 cm³/mol. The summed E-state index contributed by atoms with van der Waals surface area (Å²) in [4.78, 5) is 23.0. The fraction of sp³-hybridized carbons (Fsp3) is 0.600. The van der Waals surface area contributed by atoms with E-state index in [9.17, 15) is 14.7 Å². The van der Waals surface area contributed by atoms with Gasteiger partial charge in [-0.15, -0.1) is 5.10 Å². The minimum atomic E-state index is -1.34. The van der Waals surface area contributed by atoms with Crippen LogP contribution in [0, 0.1) is 0 Å². The summed E-state index contributed by atoms with van der Waals surface area (Å²) in [5.41, 5.74) is 0.551. The molecule has 0 aliphatic rings. The van der Waals surface area contributed by atoms with Crippen molar-refractivity contribution in [3.8, 4) is 0 Å². The van der Waals surface area contributed by atoms with E-state index >= 15 is 0 Å². The number of hydrogen-bond donors (Lipinski definition) is 3. The number of carbonyl (C=O) groups is 2. The lowest BCUT2D eigenvalue weighted by atomic mass is 10.1. The average molecular weight is 273 g/mol. The first-order valence-corrected chi connectivity index (χ1v) is 6.27. The van der Waals surface area contributed by atoms with Gasteiger partial charge in [0, 0.05) is 0 Å². The number of aryl methyl sites for hydroxylation is 1. The molecule has 0 aliphatic heterocycles. The first kappa shape index (κ1) is 14.5. The number of amides is 1. The van der Waals surface area contributed by atoms with Crippen molar-refractivity contribution in [2.45, 2.75) is 38.8 Å². The molecule has 1 amide bonds. The van der Waals surface area contributed by atoms with Gasteiger partial charge in [0.15, 0.2) is 6.04 Å². The molecule has 0 aromatic carbocycles. The maximum atomic E-state index is 11.9. The summed E-state index contributed by atoms with van der Waals surface area (Å²) in [5.74, 6) is -1.85. The standard InChI is InChI=1S/C10H15N3O4S/c1-3-4-6-8(18-13-12-6)9(15)11-7(5(2)14)10(16)17/h5,7,14H,3-4H2,1-2H3,(H,11,15)(H,16,17)/t5-,7+/m1/s1. The first-order valence-electron chi connectivity index (χ1n) is 5.50. The second-order valence-electron chi connectivity index (χ2n) is 3.83. The number of aliphatic hydroxyl groups is 1. The predicted octanol–water partition coefficient (Wildman–Crippen LogP) is 0.0544. The summed E-state index contributed by atoms with van der Waals surface area (Å²) >= 11 is 0.915. The van der Waals surface area contributed by atoms with E-state index in [0.717, 1.165) is 18.0 Å². The number of nitrogens with one attached hydrogen (secondary N) is 1. The highest BCUT2D eigenvalue weighted by Crippen LogP contribution is 2.12. The molecule has 0 saturated carbocycles. The van der Waals surface area contributed by atoms with Crippen LogP contribution in [0.1, 0.15) is 35.6 Å². The van der Waals surface area contributed by atoms with Crippen LogP contribution in [0.3, 0.4) is 0 Å². The van der Waals surface area contributed by atoms with Crippen molar-refractivity contribution in [2.75, 3.05) is 0 Å². The summed E-state index contributed by atoms with van der Waals surface area (Å²) in [5, 5.41) is 24.2. The van der Waals surface area contributed by atoms with Crippen molar-refractivity contribution in [1.29, 1.82) is 0 Å². The topological polar surface area (TPSA) is 112 Å². The Morgan fingerprint density at radius 3 is 2.67 bits per heavy atom. The fourth-order valence-corrected chi connectivity index (χ4v) is 1.99. The van der Waals surface area contributed by atoms with E-state index in [0.29, 0.717) is 17.0 Å². The smallest absolute Gasteiger partial charge is 0.328 e. The lowest BCUT2D eigenvalue weighted by molar-refractivity contribution is -0.141. The van der Waals surface area contributed by atoms with Crippen molar-refractivity contribution in [2.24, 2.45) is 0 Å². The second-order valence-corrected chi connectivity index (χ2v) is 4.58. The van der Waals surface area contributed by atoms with E-state index in [2.05, 4.69) is 14.9 Å². The molecule has 1 heterocycles. The van der Waals surface area contributed by atoms with Gasteiger partial charge in [-0.1, -0.05) is 17.8 Å². The Kier molecular flexibility index (Phi) is 5.17. The molecule has 1 aromatic heterocycles. The lowest BCUT2D eigenvalue weighted by Crippen LogP contribution is -2.47. The molecule has 1 aromatic rings. The van der Waals surface area contributed by atoms with Crippen LogP contribution >= 0.6 is 11.5 Å². The highest BCUT2D eigenvalue weighted by atomic mass is 32.1. The molecule has 0 radical (unpaired) electrons. The number of aromatic nitrogens is 2. The summed E-state index contributed by atoms with van der Waals surface area (Å²) in [6, 6.07) is -1.34. The van der Waals surface area contributed by atoms with Crippen LogP contribution in [0.5, 0.6) is 0 Å². The second kappa shape index (κ2) is 6.41. The minimum Gasteiger partial charge on any atom is -0.480 e. The number of aliphatic hydroxyl groups excluding tert-OH is 1. The van der Waals surface area contributed by atoms with E-state index in [4.69, 9.17) is 5.11 Å². The summed E-state index contributed by atoms with van der Waals surface area (Å²) in [7, 11) is 0. The maximum absolute atomic E-state index is 11.9. The first-order chi connectivity index (χ1) is 8.47. The third kappa shape index (κ3) is 3.47. The zero-order valence-corrected chi connectivity index (χ0v) is 10.9. The van der Waals surface area contributed by atoms with Crippen molar-refractivity contribution in [3.05, 3.63) is 10.6 Å². The Morgan fingerprint density at radius 2 is 2.17 bits per heavy atom. The quantitative estimate of drug-likeness (QED) is 0.675. The van der Waals surface area contributed by atoms with Crippen LogP contribution in [0.15, 0.2) is 0 Å². The van der Waals surface area contributed by atoms with Crippen LogP contribution in [-0.4, -0.2) is 43.8 Å². The minimum absolute atomic E-state index is 0.295. The van der Waals surface area contributed by atoms with Gasteiger partial charge in [-0.25, -0.2) is 4.79 Å². The Balaban J connectivity index is 2.80. The Labute approximate surface area is 108 Å². The molecule has 3 N–H and O–H groups in total. The van der Waals surface area contributed by atoms with Crippen LogP contribution in [0.2, 0.25) is 0 Å². The van der Waals surface area contributed by atoms with E-state index in [1.807, 2.05) is 6.92 Å². The third-order valence-corrected chi connectivity index (χ3v) is 3.05. The van der Waals surface area contributed by atoms with Crippen molar-refractivity contribution in [3.63, 3.8) is 0 Å². The molecule has 8 heteroatoms. The molecule has 0 spiro atoms. The van der Waals surface area contributed by atoms with E-state index in [1.54, 1.807) is 0 Å². The van der Waals surface area contributed by atoms with Gasteiger partial charge in [-0.3, -0.25) is 4.79 Å². The number of rotatable bonds is 6. The zero-order valence-electron chi connectivity index (χ0n) is 10.1. The number of nitrogens with zero attached hydrogens (tertiary/aromatic N) is 2. The highest BCUT2D eigenvalue weighted by molar-refractivity contribution is 7.08. The van der Waals surface area contributed by atoms with Crippen LogP contribution in [-0.2, 0) is 11.2 Å². The van der Waals surface area contributed by atoms with Gasteiger partial charge in [0.1, 0.15) is 4.88 Å². The van der Waals surface area contributed by atoms with E-state index < -0.39 is 24.0 Å². The largest absolute Gasteiger partial charge is 0.480 e. The number of carboxylic acids is 1. The number of aliphatic carboxylic acids is 1. The maximum Gasteiger partial charge on any atom is 0.328 e. The van der Waals surface area contributed by atoms with Gasteiger partial charge < -0.3 is 15.5 Å². The summed E-state index contributed by atoms with van der Waals surface area (Å²) in [6.45, 7) is 3.24. The molecule has 7 nitrogen and oxygen atoms in total. The molecule has 0 fully saturated rings. The molecule has 18 heavy (non-hydrogen) atoms. The molecule has 0 saturated heterocycles. The van der Waals surface area contributed by atoms with Crippen molar-refractivity contribution < 1.29 is 19.8 Å². The average Bonchev–Trinajstić information content (AvgIpc) is 2.73. The Morgan fingerprint density at radius 1 is 1.50 bits per heavy atom. The van der Waals surface area contributed by atoms with Crippen LogP contribution in [0.4, 0.5) is 0 Å². The molecular formula is C10H15N3O4S. The molecule has 0 bridgehead atoms. The van der Waals surface area contributed by atoms with Crippen LogP contribution in [0.25, 0.3) is 0 Å². The molecule has 0 unspecified atom stereocenters. The molecular weight excluding hydrogens is 258 g/mol. The molecule has 2 atom stereocenters. The van der Waals surface area contributed by atoms with E-state index in [-0.39, 0.29) is 0 Å². The van der Waals surface area contributed by atoms with Crippen molar-refractivity contribution in [1.82, 2.24) is 14.9 Å². The summed E-state index contributed by atoms with van der Waals surface area (Å²) < 4.78 is 3.68. The fourth-order valence-electron chi connectivity index (χ4n) is 1.38. The Hall–Kier alpha value is -1.54. The van der Waals surface area contributed by atoms with Gasteiger partial charge >= 0.3 is 5.97 Å². The Bertz CT molecular complexity index is 433. The molecule has 1 rings (SSSR count). The molecule has 100 valence electrons. The lowest BCUT2D eigenvalue weighted by Gasteiger charge is -2.16. The number of hydrogen-bond acceptors (Lipinski definition) is 6. The van der Waals surface area contributed by atoms with Gasteiger partial charge in [-0.05, 0) is 24.9 Å².